The molecule has 0 spiro atoms. The molecular weight excluding hydrogens is 282 g/mol. The van der Waals surface area contributed by atoms with Crippen LogP contribution in [0.5, 0.6) is 0 Å². The summed E-state index contributed by atoms with van der Waals surface area (Å²) >= 11 is 0. The van der Waals surface area contributed by atoms with Crippen LogP contribution in [0, 0.1) is 16.0 Å². The molecule has 0 aliphatic heterocycles. The second-order valence-electron chi connectivity index (χ2n) is 4.13. The Morgan fingerprint density at radius 3 is 2.61 bits per heavy atom. The molecule has 0 aromatic carbocycles. The first kappa shape index (κ1) is 14.9. The molecule has 0 N–H and O–H groups in total. The Balaban J connectivity index is 3.07. The summed E-state index contributed by atoms with van der Waals surface area (Å²) in [5, 5.41) is 14.4. The van der Waals surface area contributed by atoms with Gasteiger partial charge in [0, 0.05) is 10.7 Å². The van der Waals surface area contributed by atoms with Crippen LogP contribution in [0.4, 0.5) is 5.82 Å². The lowest BCUT2D eigenvalue weighted by Crippen LogP contribution is -2.08. The molecule has 0 radical (unpaired) electrons. The molecule has 9 heteroatoms. The van der Waals surface area contributed by atoms with E-state index in [4.69, 9.17) is 10.7 Å². The number of rotatable bonds is 6. The van der Waals surface area contributed by atoms with Gasteiger partial charge in [0.2, 0.25) is 4.90 Å². The lowest BCUT2D eigenvalue weighted by Gasteiger charge is -2.06. The smallest absolute Gasteiger partial charge is 0.358 e. The molecule has 0 bridgehead atoms. The van der Waals surface area contributed by atoms with E-state index in [1.165, 1.54) is 4.68 Å². The largest absolute Gasteiger partial charge is 0.410 e. The molecule has 1 unspecified atom stereocenters. The lowest BCUT2D eigenvalue weighted by atomic mass is 10.1. The monoisotopic (exact) mass is 295 g/mol. The highest BCUT2D eigenvalue weighted by Crippen LogP contribution is 2.25. The minimum absolute atomic E-state index is 0.250. The predicted molar refractivity (Wildman–Crippen MR) is 66.0 cm³/mol. The summed E-state index contributed by atoms with van der Waals surface area (Å²) in [6.07, 6.45) is 3.01. The molecule has 102 valence electrons. The van der Waals surface area contributed by atoms with E-state index in [9.17, 15) is 18.5 Å². The van der Waals surface area contributed by atoms with Crippen molar-refractivity contribution in [3.05, 3.63) is 16.3 Å². The van der Waals surface area contributed by atoms with E-state index < -0.39 is 24.7 Å². The molecule has 0 aliphatic carbocycles. The summed E-state index contributed by atoms with van der Waals surface area (Å²) in [4.78, 5) is 9.29. The summed E-state index contributed by atoms with van der Waals surface area (Å²) in [5.74, 6) is -0.478. The third-order valence-corrected chi connectivity index (χ3v) is 3.74. The molecular formula is C9H14ClN3O4S. The Labute approximate surface area is 109 Å². The zero-order chi connectivity index (χ0) is 13.9. The number of hydrogen-bond donors (Lipinski definition) is 0. The Morgan fingerprint density at radius 1 is 1.61 bits per heavy atom. The summed E-state index contributed by atoms with van der Waals surface area (Å²) in [6.45, 7) is 4.41. The van der Waals surface area contributed by atoms with Gasteiger partial charge in [-0.05, 0) is 17.3 Å². The van der Waals surface area contributed by atoms with E-state index in [1.807, 2.05) is 13.8 Å². The van der Waals surface area contributed by atoms with Crippen molar-refractivity contribution in [3.8, 4) is 0 Å². The molecule has 7 nitrogen and oxygen atoms in total. The van der Waals surface area contributed by atoms with Crippen LogP contribution in [0.25, 0.3) is 0 Å². The van der Waals surface area contributed by atoms with Gasteiger partial charge in [-0.1, -0.05) is 20.3 Å². The Kier molecular flexibility index (Phi) is 4.69. The zero-order valence-corrected chi connectivity index (χ0v) is 11.6. The van der Waals surface area contributed by atoms with Crippen molar-refractivity contribution in [2.75, 3.05) is 0 Å². The van der Waals surface area contributed by atoms with Crippen LogP contribution < -0.4 is 0 Å². The van der Waals surface area contributed by atoms with Crippen LogP contribution in [-0.4, -0.2) is 23.1 Å². The van der Waals surface area contributed by atoms with E-state index in [-0.39, 0.29) is 5.92 Å². The maximum atomic E-state index is 11.2. The molecule has 1 aromatic heterocycles. The van der Waals surface area contributed by atoms with Gasteiger partial charge in [0.15, 0.2) is 0 Å². The molecule has 0 aliphatic rings. The third kappa shape index (κ3) is 3.67. The maximum Gasteiger partial charge on any atom is 0.410 e. The van der Waals surface area contributed by atoms with Crippen molar-refractivity contribution < 1.29 is 13.3 Å². The summed E-state index contributed by atoms with van der Waals surface area (Å²) in [7, 11) is 0.975. The van der Waals surface area contributed by atoms with Crippen molar-refractivity contribution in [2.45, 2.75) is 38.1 Å². The van der Waals surface area contributed by atoms with Gasteiger partial charge in [-0.25, -0.2) is 8.42 Å². The van der Waals surface area contributed by atoms with Gasteiger partial charge in [-0.2, -0.15) is 4.68 Å². The van der Waals surface area contributed by atoms with Crippen LogP contribution in [0.3, 0.4) is 0 Å². The van der Waals surface area contributed by atoms with Gasteiger partial charge in [0.1, 0.15) is 0 Å². The Bertz CT molecular complexity index is 540. The first-order chi connectivity index (χ1) is 8.25. The zero-order valence-electron chi connectivity index (χ0n) is 10.0. The molecule has 0 fully saturated rings. The lowest BCUT2D eigenvalue weighted by molar-refractivity contribution is -0.392. The van der Waals surface area contributed by atoms with E-state index >= 15 is 0 Å². The van der Waals surface area contributed by atoms with E-state index in [2.05, 4.69) is 5.10 Å². The van der Waals surface area contributed by atoms with Gasteiger partial charge in [0.25, 0.3) is 9.05 Å². The SMILES string of the molecule is CCCC(C)Cn1cc(S(=O)(=O)Cl)c([N+](=O)[O-])n1. The van der Waals surface area contributed by atoms with Gasteiger partial charge in [-0.15, -0.1) is 0 Å². The molecule has 0 saturated carbocycles. The first-order valence-electron chi connectivity index (χ1n) is 5.42. The second-order valence-corrected chi connectivity index (χ2v) is 6.66. The van der Waals surface area contributed by atoms with Crippen molar-refractivity contribution >= 4 is 25.6 Å². The van der Waals surface area contributed by atoms with Crippen molar-refractivity contribution in [3.63, 3.8) is 0 Å². The van der Waals surface area contributed by atoms with E-state index in [0.717, 1.165) is 19.0 Å². The topological polar surface area (TPSA) is 95.1 Å². The van der Waals surface area contributed by atoms with E-state index in [1.54, 1.807) is 0 Å². The highest BCUT2D eigenvalue weighted by Gasteiger charge is 2.30. The molecule has 1 atom stereocenters. The molecule has 1 heterocycles. The van der Waals surface area contributed by atoms with Crippen molar-refractivity contribution in [1.82, 2.24) is 9.78 Å². The summed E-state index contributed by atoms with van der Waals surface area (Å²) in [6, 6.07) is 0. The molecule has 1 aromatic rings. The van der Waals surface area contributed by atoms with Crippen LogP contribution in [0.1, 0.15) is 26.7 Å². The van der Waals surface area contributed by atoms with Gasteiger partial charge < -0.3 is 10.1 Å². The van der Waals surface area contributed by atoms with Gasteiger partial charge in [0.05, 0.1) is 17.8 Å². The predicted octanol–water partition coefficient (Wildman–Crippen LogP) is 2.16. The highest BCUT2D eigenvalue weighted by molar-refractivity contribution is 8.13. The third-order valence-electron chi connectivity index (χ3n) is 2.43. The van der Waals surface area contributed by atoms with Crippen LogP contribution in [0.2, 0.25) is 0 Å². The van der Waals surface area contributed by atoms with Gasteiger partial charge >= 0.3 is 5.82 Å². The molecule has 18 heavy (non-hydrogen) atoms. The minimum Gasteiger partial charge on any atom is -0.358 e. The second kappa shape index (κ2) is 5.66. The first-order valence-corrected chi connectivity index (χ1v) is 7.73. The van der Waals surface area contributed by atoms with Gasteiger partial charge in [-0.3, -0.25) is 0 Å². The number of nitro groups is 1. The number of halogens is 1. The molecule has 0 saturated heterocycles. The van der Waals surface area contributed by atoms with Crippen molar-refractivity contribution in [1.29, 1.82) is 0 Å². The number of nitrogens with zero attached hydrogens (tertiary/aromatic N) is 3. The molecule has 1 rings (SSSR count). The maximum absolute atomic E-state index is 11.2. The normalized spacial score (nSPS) is 13.5. The standard InChI is InChI=1S/C9H14ClN3O4S/c1-3-4-7(2)5-12-6-8(18(10,16)17)9(11-12)13(14)15/h6-7H,3-5H2,1-2H3. The van der Waals surface area contributed by atoms with Crippen LogP contribution in [0.15, 0.2) is 11.1 Å². The van der Waals surface area contributed by atoms with E-state index in [0.29, 0.717) is 6.54 Å². The van der Waals surface area contributed by atoms with Crippen LogP contribution in [-0.2, 0) is 15.6 Å². The Morgan fingerprint density at radius 2 is 2.22 bits per heavy atom. The fourth-order valence-corrected chi connectivity index (χ4v) is 2.60. The average molecular weight is 296 g/mol. The fraction of sp³-hybridized carbons (Fsp3) is 0.667. The highest BCUT2D eigenvalue weighted by atomic mass is 35.7. The number of hydrogen-bond acceptors (Lipinski definition) is 5. The summed E-state index contributed by atoms with van der Waals surface area (Å²) in [5.41, 5.74) is 0. The summed E-state index contributed by atoms with van der Waals surface area (Å²) < 4.78 is 23.6. The quantitative estimate of drug-likeness (QED) is 0.455. The van der Waals surface area contributed by atoms with Crippen molar-refractivity contribution in [2.24, 2.45) is 5.92 Å². The average Bonchev–Trinajstić information content (AvgIpc) is 2.61. The van der Waals surface area contributed by atoms with Crippen LogP contribution >= 0.6 is 10.7 Å². The molecule has 0 amide bonds. The minimum atomic E-state index is -4.16. The Hall–Kier alpha value is -1.15. The number of aromatic nitrogens is 2. The fourth-order valence-electron chi connectivity index (χ4n) is 1.69.